The van der Waals surface area contributed by atoms with Gasteiger partial charge in [0.15, 0.2) is 0 Å². The molecule has 1 saturated heterocycles. The Hall–Kier alpha value is -2.17. The first kappa shape index (κ1) is 13.8. The molecule has 21 heavy (non-hydrogen) atoms. The fourth-order valence-electron chi connectivity index (χ4n) is 2.70. The zero-order valence-electron chi connectivity index (χ0n) is 12.5. The van der Waals surface area contributed by atoms with Crippen molar-refractivity contribution in [2.24, 2.45) is 0 Å². The summed E-state index contributed by atoms with van der Waals surface area (Å²) in [6.45, 7) is 5.53. The van der Waals surface area contributed by atoms with Crippen molar-refractivity contribution in [1.29, 1.82) is 0 Å². The Morgan fingerprint density at radius 1 is 1.19 bits per heavy atom. The molecule has 1 aliphatic rings. The lowest BCUT2D eigenvalue weighted by atomic mass is 10.2. The number of amides is 1. The minimum absolute atomic E-state index is 0.141. The van der Waals surface area contributed by atoms with Crippen molar-refractivity contribution in [2.45, 2.75) is 32.7 Å². The first-order valence-electron chi connectivity index (χ1n) is 7.44. The van der Waals surface area contributed by atoms with Gasteiger partial charge < -0.3 is 10.2 Å². The van der Waals surface area contributed by atoms with Crippen LogP contribution in [0.25, 0.3) is 11.0 Å². The number of rotatable bonds is 3. The average Bonchev–Trinajstić information content (AvgIpc) is 3.01. The van der Waals surface area contributed by atoms with Gasteiger partial charge in [0.2, 0.25) is 5.91 Å². The Morgan fingerprint density at radius 2 is 1.81 bits per heavy atom. The third-order valence-electron chi connectivity index (χ3n) is 3.89. The van der Waals surface area contributed by atoms with E-state index in [0.29, 0.717) is 5.82 Å². The molecule has 0 spiro atoms. The number of likely N-dealkylation sites (tertiary alicyclic amines) is 1. The van der Waals surface area contributed by atoms with Crippen molar-refractivity contribution in [2.75, 3.05) is 18.4 Å². The summed E-state index contributed by atoms with van der Waals surface area (Å²) in [6.07, 6.45) is 2.21. The molecule has 1 aromatic carbocycles. The van der Waals surface area contributed by atoms with Crippen LogP contribution >= 0.6 is 0 Å². The van der Waals surface area contributed by atoms with Crippen LogP contribution in [0.1, 0.15) is 25.5 Å². The van der Waals surface area contributed by atoms with Crippen LogP contribution in [0.4, 0.5) is 5.82 Å². The normalized spacial score (nSPS) is 16.2. The van der Waals surface area contributed by atoms with Crippen LogP contribution in [0.2, 0.25) is 0 Å². The first-order valence-corrected chi connectivity index (χ1v) is 7.44. The summed E-state index contributed by atoms with van der Waals surface area (Å²) in [5.74, 6) is 0.829. The fraction of sp³-hybridized carbons (Fsp3) is 0.438. The largest absolute Gasteiger partial charge is 0.357 e. The van der Waals surface area contributed by atoms with Crippen molar-refractivity contribution in [3.05, 3.63) is 30.0 Å². The van der Waals surface area contributed by atoms with E-state index in [9.17, 15) is 4.79 Å². The van der Waals surface area contributed by atoms with Gasteiger partial charge in [-0.3, -0.25) is 4.79 Å². The molecule has 0 saturated carbocycles. The number of hydrogen-bond acceptors (Lipinski definition) is 4. The van der Waals surface area contributed by atoms with Gasteiger partial charge in [-0.15, -0.1) is 0 Å². The number of hydrogen-bond donors (Lipinski definition) is 1. The van der Waals surface area contributed by atoms with E-state index in [1.54, 1.807) is 0 Å². The zero-order chi connectivity index (χ0) is 14.8. The number of anilines is 1. The molecule has 1 unspecified atom stereocenters. The minimum Gasteiger partial charge on any atom is -0.357 e. The number of carbonyl (C=O) groups excluding carboxylic acids is 1. The van der Waals surface area contributed by atoms with Crippen molar-refractivity contribution < 1.29 is 4.79 Å². The molecule has 2 aromatic rings. The van der Waals surface area contributed by atoms with Crippen LogP contribution < -0.4 is 5.32 Å². The standard InChI is InChI=1S/C16H20N4O/c1-11-15(19-14-8-4-3-7-13(14)17-11)18-12(2)16(21)20-9-5-6-10-20/h3-4,7-8,12H,5-6,9-10H2,1-2H3,(H,18,19). The lowest BCUT2D eigenvalue weighted by molar-refractivity contribution is -0.130. The molecule has 0 radical (unpaired) electrons. The van der Waals surface area contributed by atoms with Gasteiger partial charge in [-0.1, -0.05) is 12.1 Å². The molecule has 0 aliphatic carbocycles. The topological polar surface area (TPSA) is 58.1 Å². The molecule has 1 aromatic heterocycles. The molecular formula is C16H20N4O. The number of benzene rings is 1. The Bertz CT molecular complexity index is 664. The lowest BCUT2D eigenvalue weighted by Crippen LogP contribution is -2.40. The number of carbonyl (C=O) groups is 1. The first-order chi connectivity index (χ1) is 10.1. The molecule has 1 atom stereocenters. The number of para-hydroxylation sites is 2. The molecule has 5 nitrogen and oxygen atoms in total. The fourth-order valence-corrected chi connectivity index (χ4v) is 2.70. The van der Waals surface area contributed by atoms with Crippen LogP contribution in [0, 0.1) is 6.92 Å². The molecule has 0 bridgehead atoms. The Labute approximate surface area is 124 Å². The summed E-state index contributed by atoms with van der Waals surface area (Å²) in [6, 6.07) is 7.48. The zero-order valence-corrected chi connectivity index (χ0v) is 12.5. The van der Waals surface area contributed by atoms with E-state index in [0.717, 1.165) is 42.7 Å². The molecule has 2 heterocycles. The van der Waals surface area contributed by atoms with Crippen LogP contribution in [0.15, 0.2) is 24.3 Å². The molecule has 1 aliphatic heterocycles. The molecule has 110 valence electrons. The van der Waals surface area contributed by atoms with E-state index in [1.807, 2.05) is 43.0 Å². The van der Waals surface area contributed by atoms with E-state index in [1.165, 1.54) is 0 Å². The maximum absolute atomic E-state index is 12.3. The summed E-state index contributed by atoms with van der Waals surface area (Å²) in [4.78, 5) is 23.4. The molecule has 1 N–H and O–H groups in total. The van der Waals surface area contributed by atoms with Crippen LogP contribution in [0.3, 0.4) is 0 Å². The highest BCUT2D eigenvalue weighted by Gasteiger charge is 2.23. The predicted molar refractivity (Wildman–Crippen MR) is 83.2 cm³/mol. The maximum Gasteiger partial charge on any atom is 0.244 e. The second kappa shape index (κ2) is 5.68. The smallest absolute Gasteiger partial charge is 0.244 e. The van der Waals surface area contributed by atoms with Gasteiger partial charge in [0.25, 0.3) is 0 Å². The molecule has 1 fully saturated rings. The van der Waals surface area contributed by atoms with Gasteiger partial charge in [0.1, 0.15) is 11.9 Å². The highest BCUT2D eigenvalue weighted by molar-refractivity contribution is 5.85. The highest BCUT2D eigenvalue weighted by Crippen LogP contribution is 2.18. The number of nitrogens with zero attached hydrogens (tertiary/aromatic N) is 3. The Balaban J connectivity index is 1.80. The maximum atomic E-state index is 12.3. The summed E-state index contributed by atoms with van der Waals surface area (Å²) in [5, 5.41) is 3.21. The van der Waals surface area contributed by atoms with Gasteiger partial charge in [0.05, 0.1) is 16.7 Å². The molecule has 5 heteroatoms. The van der Waals surface area contributed by atoms with Gasteiger partial charge in [0, 0.05) is 13.1 Å². The van der Waals surface area contributed by atoms with Gasteiger partial charge in [-0.25, -0.2) is 9.97 Å². The molecular weight excluding hydrogens is 264 g/mol. The lowest BCUT2D eigenvalue weighted by Gasteiger charge is -2.22. The molecule has 1 amide bonds. The molecule has 3 rings (SSSR count). The third-order valence-corrected chi connectivity index (χ3v) is 3.89. The van der Waals surface area contributed by atoms with Crippen LogP contribution in [-0.2, 0) is 4.79 Å². The highest BCUT2D eigenvalue weighted by atomic mass is 16.2. The summed E-state index contributed by atoms with van der Waals surface area (Å²) in [5.41, 5.74) is 2.53. The number of nitrogens with one attached hydrogen (secondary N) is 1. The Morgan fingerprint density at radius 3 is 2.48 bits per heavy atom. The van der Waals surface area contributed by atoms with Gasteiger partial charge >= 0.3 is 0 Å². The van der Waals surface area contributed by atoms with E-state index in [4.69, 9.17) is 0 Å². The number of fused-ring (bicyclic) bond motifs is 1. The van der Waals surface area contributed by atoms with E-state index in [-0.39, 0.29) is 11.9 Å². The minimum atomic E-state index is -0.280. The second-order valence-corrected chi connectivity index (χ2v) is 5.54. The van der Waals surface area contributed by atoms with E-state index < -0.39 is 0 Å². The van der Waals surface area contributed by atoms with E-state index in [2.05, 4.69) is 15.3 Å². The van der Waals surface area contributed by atoms with Gasteiger partial charge in [-0.2, -0.15) is 0 Å². The van der Waals surface area contributed by atoms with Crippen molar-refractivity contribution in [3.63, 3.8) is 0 Å². The van der Waals surface area contributed by atoms with Crippen LogP contribution in [0.5, 0.6) is 0 Å². The van der Waals surface area contributed by atoms with E-state index >= 15 is 0 Å². The van der Waals surface area contributed by atoms with Crippen LogP contribution in [-0.4, -0.2) is 39.9 Å². The third kappa shape index (κ3) is 2.82. The number of aromatic nitrogens is 2. The van der Waals surface area contributed by atoms with Gasteiger partial charge in [-0.05, 0) is 38.8 Å². The second-order valence-electron chi connectivity index (χ2n) is 5.54. The van der Waals surface area contributed by atoms with Crippen molar-refractivity contribution >= 4 is 22.8 Å². The monoisotopic (exact) mass is 284 g/mol. The van der Waals surface area contributed by atoms with Crippen molar-refractivity contribution in [1.82, 2.24) is 14.9 Å². The summed E-state index contributed by atoms with van der Waals surface area (Å²) < 4.78 is 0. The average molecular weight is 284 g/mol. The predicted octanol–water partition coefficient (Wildman–Crippen LogP) is 2.36. The summed E-state index contributed by atoms with van der Waals surface area (Å²) in [7, 11) is 0. The number of aryl methyl sites for hydroxylation is 1. The Kier molecular flexibility index (Phi) is 3.73. The quantitative estimate of drug-likeness (QED) is 0.940. The SMILES string of the molecule is Cc1nc2ccccc2nc1NC(C)C(=O)N1CCCC1. The summed E-state index contributed by atoms with van der Waals surface area (Å²) >= 11 is 0. The van der Waals surface area contributed by atoms with Crippen molar-refractivity contribution in [3.8, 4) is 0 Å².